The van der Waals surface area contributed by atoms with Crippen LogP contribution in [0, 0.1) is 13.8 Å². The van der Waals surface area contributed by atoms with Gasteiger partial charge in [-0.15, -0.1) is 0 Å². The van der Waals surface area contributed by atoms with E-state index < -0.39 is 0 Å². The van der Waals surface area contributed by atoms with Gasteiger partial charge in [0.2, 0.25) is 11.8 Å². The van der Waals surface area contributed by atoms with Gasteiger partial charge in [0.25, 0.3) is 0 Å². The molecule has 1 fully saturated rings. The van der Waals surface area contributed by atoms with Crippen molar-refractivity contribution in [3.63, 3.8) is 0 Å². The van der Waals surface area contributed by atoms with E-state index in [1.54, 1.807) is 12.3 Å². The molecule has 2 heterocycles. The van der Waals surface area contributed by atoms with Crippen molar-refractivity contribution in [2.45, 2.75) is 20.4 Å². The number of anilines is 1. The monoisotopic (exact) mass is 384 g/mol. The molecule has 3 rings (SSSR count). The highest BCUT2D eigenvalue weighted by Crippen LogP contribution is 2.17. The van der Waals surface area contributed by atoms with Crippen molar-refractivity contribution in [1.82, 2.24) is 15.1 Å². The van der Waals surface area contributed by atoms with Crippen LogP contribution in [-0.4, -0.2) is 60.9 Å². The molecule has 1 aliphatic heterocycles. The number of hydrogen-bond donors (Lipinski definition) is 2. The highest BCUT2D eigenvalue weighted by Gasteiger charge is 2.21. The number of benzene rings is 1. The first kappa shape index (κ1) is 20.1. The van der Waals surface area contributed by atoms with Crippen LogP contribution in [0.15, 0.2) is 41.0 Å². The predicted molar refractivity (Wildman–Crippen MR) is 108 cm³/mol. The molecule has 1 aromatic heterocycles. The summed E-state index contributed by atoms with van der Waals surface area (Å²) in [6.45, 7) is 8.27. The standard InChI is InChI=1S/C21H28N4O3/c1-16-5-3-7-19(17(16)2)23-21(27)15-25-10-8-24(9-11-25)14-20(26)22-13-18-6-4-12-28-18/h3-7,12H,8-11,13-15H2,1-2H3,(H,22,26)(H,23,27). The van der Waals surface area contributed by atoms with Crippen molar-refractivity contribution in [1.29, 1.82) is 0 Å². The molecule has 1 saturated heterocycles. The zero-order chi connectivity index (χ0) is 19.9. The fourth-order valence-electron chi connectivity index (χ4n) is 3.24. The van der Waals surface area contributed by atoms with Crippen molar-refractivity contribution >= 4 is 17.5 Å². The Balaban J connectivity index is 1.37. The topological polar surface area (TPSA) is 77.8 Å². The van der Waals surface area contributed by atoms with Gasteiger partial charge in [-0.25, -0.2) is 0 Å². The lowest BCUT2D eigenvalue weighted by atomic mass is 10.1. The fourth-order valence-corrected chi connectivity index (χ4v) is 3.24. The largest absolute Gasteiger partial charge is 0.467 e. The lowest BCUT2D eigenvalue weighted by molar-refractivity contribution is -0.123. The molecule has 150 valence electrons. The van der Waals surface area contributed by atoms with E-state index in [1.165, 1.54) is 0 Å². The van der Waals surface area contributed by atoms with E-state index in [-0.39, 0.29) is 11.8 Å². The van der Waals surface area contributed by atoms with Crippen molar-refractivity contribution in [2.24, 2.45) is 0 Å². The molecule has 28 heavy (non-hydrogen) atoms. The maximum Gasteiger partial charge on any atom is 0.238 e. The second-order valence-corrected chi connectivity index (χ2v) is 7.20. The van der Waals surface area contributed by atoms with Gasteiger partial charge in [0.15, 0.2) is 0 Å². The molecule has 1 aliphatic rings. The lowest BCUT2D eigenvalue weighted by Crippen LogP contribution is -2.50. The van der Waals surface area contributed by atoms with Gasteiger partial charge >= 0.3 is 0 Å². The second kappa shape index (κ2) is 9.52. The summed E-state index contributed by atoms with van der Waals surface area (Å²) in [6, 6.07) is 9.56. The average Bonchev–Trinajstić information content (AvgIpc) is 3.19. The molecule has 2 N–H and O–H groups in total. The van der Waals surface area contributed by atoms with Crippen molar-refractivity contribution < 1.29 is 14.0 Å². The zero-order valence-corrected chi connectivity index (χ0v) is 16.5. The Morgan fingerprint density at radius 1 is 0.964 bits per heavy atom. The van der Waals surface area contributed by atoms with E-state index in [4.69, 9.17) is 4.42 Å². The lowest BCUT2D eigenvalue weighted by Gasteiger charge is -2.33. The Morgan fingerprint density at radius 2 is 1.64 bits per heavy atom. The van der Waals surface area contributed by atoms with Crippen molar-refractivity contribution in [2.75, 3.05) is 44.6 Å². The van der Waals surface area contributed by atoms with Crippen LogP contribution in [0.4, 0.5) is 5.69 Å². The average molecular weight is 384 g/mol. The summed E-state index contributed by atoms with van der Waals surface area (Å²) in [4.78, 5) is 28.6. The summed E-state index contributed by atoms with van der Waals surface area (Å²) in [5, 5.41) is 5.87. The number of furan rings is 1. The number of carbonyl (C=O) groups is 2. The van der Waals surface area contributed by atoms with Crippen LogP contribution in [0.25, 0.3) is 0 Å². The van der Waals surface area contributed by atoms with Gasteiger partial charge in [0.05, 0.1) is 25.9 Å². The van der Waals surface area contributed by atoms with Crippen LogP contribution in [0.1, 0.15) is 16.9 Å². The van der Waals surface area contributed by atoms with Gasteiger partial charge in [0.1, 0.15) is 5.76 Å². The number of nitrogens with one attached hydrogen (secondary N) is 2. The molecule has 0 unspecified atom stereocenters. The second-order valence-electron chi connectivity index (χ2n) is 7.20. The summed E-state index contributed by atoms with van der Waals surface area (Å²) >= 11 is 0. The normalized spacial score (nSPS) is 15.4. The summed E-state index contributed by atoms with van der Waals surface area (Å²) in [5.74, 6) is 0.726. The first-order valence-corrected chi connectivity index (χ1v) is 9.61. The fraction of sp³-hybridized carbons (Fsp3) is 0.429. The molecule has 2 amide bonds. The predicted octanol–water partition coefficient (Wildman–Crippen LogP) is 1.77. The molecular formula is C21H28N4O3. The van der Waals surface area contributed by atoms with Crippen molar-refractivity contribution in [3.8, 4) is 0 Å². The SMILES string of the molecule is Cc1cccc(NC(=O)CN2CCN(CC(=O)NCc3ccco3)CC2)c1C. The van der Waals surface area contributed by atoms with E-state index in [0.717, 1.165) is 48.8 Å². The molecule has 0 aliphatic carbocycles. The van der Waals surface area contributed by atoms with Crippen molar-refractivity contribution in [3.05, 3.63) is 53.5 Å². The smallest absolute Gasteiger partial charge is 0.238 e. The number of aryl methyl sites for hydroxylation is 1. The Morgan fingerprint density at radius 3 is 2.29 bits per heavy atom. The zero-order valence-electron chi connectivity index (χ0n) is 16.5. The first-order valence-electron chi connectivity index (χ1n) is 9.61. The molecule has 7 nitrogen and oxygen atoms in total. The minimum Gasteiger partial charge on any atom is -0.467 e. The summed E-state index contributed by atoms with van der Waals surface area (Å²) in [5.41, 5.74) is 3.13. The number of hydrogen-bond acceptors (Lipinski definition) is 5. The van der Waals surface area contributed by atoms with E-state index in [1.807, 2.05) is 38.1 Å². The highest BCUT2D eigenvalue weighted by atomic mass is 16.3. The Bertz CT molecular complexity index is 796. The van der Waals surface area contributed by atoms with Crippen LogP contribution in [0.2, 0.25) is 0 Å². The van der Waals surface area contributed by atoms with E-state index >= 15 is 0 Å². The van der Waals surface area contributed by atoms with Crippen LogP contribution < -0.4 is 10.6 Å². The summed E-state index contributed by atoms with van der Waals surface area (Å²) in [7, 11) is 0. The van der Waals surface area contributed by atoms with Crippen LogP contribution in [0.3, 0.4) is 0 Å². The highest BCUT2D eigenvalue weighted by molar-refractivity contribution is 5.93. The minimum atomic E-state index is -0.0162. The first-order chi connectivity index (χ1) is 13.5. The van der Waals surface area contributed by atoms with Crippen LogP contribution in [0.5, 0.6) is 0 Å². The molecule has 0 spiro atoms. The molecule has 0 atom stereocenters. The third-order valence-electron chi connectivity index (χ3n) is 5.12. The Hall–Kier alpha value is -2.64. The third kappa shape index (κ3) is 5.68. The quantitative estimate of drug-likeness (QED) is 0.761. The Labute approximate surface area is 165 Å². The number of piperazine rings is 1. The Kier molecular flexibility index (Phi) is 6.84. The molecule has 1 aromatic carbocycles. The molecule has 0 saturated carbocycles. The van der Waals surface area contributed by atoms with Gasteiger partial charge < -0.3 is 15.1 Å². The van der Waals surface area contributed by atoms with Gasteiger partial charge in [-0.05, 0) is 43.2 Å². The maximum atomic E-state index is 12.4. The number of carbonyl (C=O) groups excluding carboxylic acids is 2. The molecule has 7 heteroatoms. The van der Waals surface area contributed by atoms with E-state index in [0.29, 0.717) is 19.6 Å². The number of amides is 2. The number of nitrogens with zero attached hydrogens (tertiary/aromatic N) is 2. The van der Waals surface area contributed by atoms with Crippen LogP contribution in [-0.2, 0) is 16.1 Å². The van der Waals surface area contributed by atoms with Crippen LogP contribution >= 0.6 is 0 Å². The molecular weight excluding hydrogens is 356 g/mol. The van der Waals surface area contributed by atoms with Gasteiger partial charge in [-0.1, -0.05) is 12.1 Å². The maximum absolute atomic E-state index is 12.4. The third-order valence-corrected chi connectivity index (χ3v) is 5.12. The molecule has 2 aromatic rings. The molecule has 0 radical (unpaired) electrons. The van der Waals surface area contributed by atoms with Gasteiger partial charge in [-0.2, -0.15) is 0 Å². The number of rotatable bonds is 7. The van der Waals surface area contributed by atoms with E-state index in [9.17, 15) is 9.59 Å². The molecule has 0 bridgehead atoms. The van der Waals surface area contributed by atoms with Gasteiger partial charge in [-0.3, -0.25) is 19.4 Å². The minimum absolute atomic E-state index is 0.00154. The van der Waals surface area contributed by atoms with Gasteiger partial charge in [0, 0.05) is 31.9 Å². The van der Waals surface area contributed by atoms with E-state index in [2.05, 4.69) is 20.4 Å². The summed E-state index contributed by atoms with van der Waals surface area (Å²) < 4.78 is 5.21. The summed E-state index contributed by atoms with van der Waals surface area (Å²) in [6.07, 6.45) is 1.59.